The van der Waals surface area contributed by atoms with Gasteiger partial charge in [0.25, 0.3) is 0 Å². The number of rotatable bonds is 4. The van der Waals surface area contributed by atoms with Crippen molar-refractivity contribution in [2.75, 3.05) is 25.6 Å². The summed E-state index contributed by atoms with van der Waals surface area (Å²) in [6.45, 7) is 3.64. The van der Waals surface area contributed by atoms with Crippen LogP contribution in [0.15, 0.2) is 12.1 Å². The Kier molecular flexibility index (Phi) is 4.50. The molecule has 0 aromatic heterocycles. The van der Waals surface area contributed by atoms with Crippen molar-refractivity contribution in [3.8, 4) is 0 Å². The standard InChI is InChI=1S/C19H22ClN3O5/c1-8-11(20)5-4-10-14(8)21-18(27)19(10)13-12(15(22-19)9(2)24)16(25)23(17(13)26)6-7-28-3/h4-5,9,12-13,15,22,24H,6-7H2,1-3H3,(H,21,27)/t9-,12-,13+,15-,19+/m0/s1. The van der Waals surface area contributed by atoms with Crippen molar-refractivity contribution in [1.29, 1.82) is 0 Å². The van der Waals surface area contributed by atoms with Crippen LogP contribution >= 0.6 is 11.6 Å². The first-order valence-corrected chi connectivity index (χ1v) is 9.54. The van der Waals surface area contributed by atoms with Crippen LogP contribution in [0.4, 0.5) is 5.69 Å². The van der Waals surface area contributed by atoms with Gasteiger partial charge in [-0.1, -0.05) is 17.7 Å². The zero-order valence-corrected chi connectivity index (χ0v) is 16.5. The number of amides is 3. The number of likely N-dealkylation sites (tertiary alicyclic amines) is 1. The summed E-state index contributed by atoms with van der Waals surface area (Å²) in [4.78, 5) is 40.6. The summed E-state index contributed by atoms with van der Waals surface area (Å²) in [5.41, 5.74) is 0.389. The molecular weight excluding hydrogens is 386 g/mol. The van der Waals surface area contributed by atoms with E-state index in [4.69, 9.17) is 16.3 Å². The fourth-order valence-corrected chi connectivity index (χ4v) is 4.95. The molecule has 9 heteroatoms. The van der Waals surface area contributed by atoms with E-state index in [0.717, 1.165) is 4.90 Å². The number of nitrogens with zero attached hydrogens (tertiary/aromatic N) is 1. The number of imide groups is 1. The van der Waals surface area contributed by atoms with E-state index in [1.807, 2.05) is 0 Å². The number of benzene rings is 1. The number of methoxy groups -OCH3 is 1. The number of fused-ring (bicyclic) bond motifs is 4. The Morgan fingerprint density at radius 3 is 2.68 bits per heavy atom. The molecule has 0 bridgehead atoms. The summed E-state index contributed by atoms with van der Waals surface area (Å²) in [6, 6.07) is 2.64. The maximum Gasteiger partial charge on any atom is 0.250 e. The van der Waals surface area contributed by atoms with Gasteiger partial charge in [0.05, 0.1) is 36.8 Å². The molecule has 2 saturated heterocycles. The van der Waals surface area contributed by atoms with Crippen molar-refractivity contribution in [3.05, 3.63) is 28.3 Å². The van der Waals surface area contributed by atoms with Crippen LogP contribution in [0.25, 0.3) is 0 Å². The molecule has 3 heterocycles. The molecule has 5 atom stereocenters. The van der Waals surface area contributed by atoms with E-state index in [1.165, 1.54) is 7.11 Å². The summed E-state index contributed by atoms with van der Waals surface area (Å²) in [5, 5.41) is 16.8. The lowest BCUT2D eigenvalue weighted by molar-refractivity contribution is -0.143. The molecule has 150 valence electrons. The fraction of sp³-hybridized carbons (Fsp3) is 0.526. The second kappa shape index (κ2) is 6.52. The largest absolute Gasteiger partial charge is 0.392 e. The minimum Gasteiger partial charge on any atom is -0.392 e. The number of halogens is 1. The molecule has 0 aliphatic carbocycles. The quantitative estimate of drug-likeness (QED) is 0.623. The molecule has 1 spiro atoms. The van der Waals surface area contributed by atoms with Crippen LogP contribution in [0.1, 0.15) is 18.1 Å². The molecule has 3 N–H and O–H groups in total. The predicted octanol–water partition coefficient (Wildman–Crippen LogP) is 0.396. The number of anilines is 1. The number of hydrogen-bond acceptors (Lipinski definition) is 6. The van der Waals surface area contributed by atoms with Gasteiger partial charge >= 0.3 is 0 Å². The second-order valence-electron chi connectivity index (χ2n) is 7.59. The highest BCUT2D eigenvalue weighted by Gasteiger charge is 2.71. The Balaban J connectivity index is 1.88. The van der Waals surface area contributed by atoms with E-state index in [-0.39, 0.29) is 13.2 Å². The molecule has 0 radical (unpaired) electrons. The van der Waals surface area contributed by atoms with Crippen LogP contribution in [0.3, 0.4) is 0 Å². The van der Waals surface area contributed by atoms with Gasteiger partial charge in [-0.05, 0) is 25.5 Å². The van der Waals surface area contributed by atoms with Crippen LogP contribution in [-0.2, 0) is 24.7 Å². The zero-order valence-electron chi connectivity index (χ0n) is 15.8. The van der Waals surface area contributed by atoms with E-state index in [2.05, 4.69) is 10.6 Å². The number of hydrogen-bond donors (Lipinski definition) is 3. The number of nitrogens with one attached hydrogen (secondary N) is 2. The van der Waals surface area contributed by atoms with Crippen molar-refractivity contribution < 1.29 is 24.2 Å². The Labute approximate surface area is 167 Å². The Hall–Kier alpha value is -2.00. The van der Waals surface area contributed by atoms with Gasteiger partial charge in [-0.15, -0.1) is 0 Å². The SMILES string of the molecule is COCCN1C(=O)[C@@H]2[C@H]([C@H](C)O)N[C@@]3(C(=O)Nc4c3ccc(Cl)c4C)[C@H]2C1=O. The summed E-state index contributed by atoms with van der Waals surface area (Å²) in [6.07, 6.45) is -0.934. The molecule has 2 fully saturated rings. The number of carbonyl (C=O) groups is 3. The molecule has 4 rings (SSSR count). The molecule has 3 amide bonds. The second-order valence-corrected chi connectivity index (χ2v) is 8.00. The van der Waals surface area contributed by atoms with Crippen LogP contribution in [0.2, 0.25) is 5.02 Å². The lowest BCUT2D eigenvalue weighted by Gasteiger charge is -2.30. The molecule has 3 aliphatic heterocycles. The lowest BCUT2D eigenvalue weighted by atomic mass is 9.76. The van der Waals surface area contributed by atoms with Gasteiger partial charge in [-0.3, -0.25) is 24.6 Å². The highest BCUT2D eigenvalue weighted by molar-refractivity contribution is 6.32. The third kappa shape index (κ3) is 2.32. The molecule has 0 unspecified atom stereocenters. The first kappa shape index (κ1) is 19.3. The Morgan fingerprint density at radius 2 is 2.04 bits per heavy atom. The molecule has 1 aromatic rings. The highest BCUT2D eigenvalue weighted by Crippen LogP contribution is 2.54. The minimum absolute atomic E-state index is 0.109. The smallest absolute Gasteiger partial charge is 0.250 e. The third-order valence-corrected chi connectivity index (χ3v) is 6.56. The predicted molar refractivity (Wildman–Crippen MR) is 101 cm³/mol. The van der Waals surface area contributed by atoms with E-state index >= 15 is 0 Å². The molecule has 3 aliphatic rings. The van der Waals surface area contributed by atoms with Gasteiger partial charge in [0.2, 0.25) is 17.7 Å². The van der Waals surface area contributed by atoms with Crippen LogP contribution < -0.4 is 10.6 Å². The van der Waals surface area contributed by atoms with Crippen molar-refractivity contribution in [2.45, 2.75) is 31.5 Å². The van der Waals surface area contributed by atoms with Crippen LogP contribution in [0, 0.1) is 18.8 Å². The lowest BCUT2D eigenvalue weighted by Crippen LogP contribution is -2.55. The average Bonchev–Trinajstić information content (AvgIpc) is 3.23. The summed E-state index contributed by atoms with van der Waals surface area (Å²) < 4.78 is 5.02. The molecule has 8 nitrogen and oxygen atoms in total. The highest BCUT2D eigenvalue weighted by atomic mass is 35.5. The van der Waals surface area contributed by atoms with Crippen LogP contribution in [-0.4, -0.2) is 60.1 Å². The maximum absolute atomic E-state index is 13.3. The van der Waals surface area contributed by atoms with Gasteiger partial charge in [0.1, 0.15) is 5.54 Å². The first-order chi connectivity index (χ1) is 13.3. The number of carbonyl (C=O) groups excluding carboxylic acids is 3. The van der Waals surface area contributed by atoms with E-state index in [1.54, 1.807) is 26.0 Å². The number of aliphatic hydroxyl groups is 1. The molecule has 0 saturated carbocycles. The Morgan fingerprint density at radius 1 is 1.32 bits per heavy atom. The number of aliphatic hydroxyl groups excluding tert-OH is 1. The molecule has 28 heavy (non-hydrogen) atoms. The molecular formula is C19H22ClN3O5. The average molecular weight is 408 g/mol. The monoisotopic (exact) mass is 407 g/mol. The summed E-state index contributed by atoms with van der Waals surface area (Å²) in [5.74, 6) is -3.02. The Bertz CT molecular complexity index is 889. The summed E-state index contributed by atoms with van der Waals surface area (Å²) in [7, 11) is 1.49. The first-order valence-electron chi connectivity index (χ1n) is 9.16. The van der Waals surface area contributed by atoms with Crippen molar-refractivity contribution in [2.24, 2.45) is 11.8 Å². The van der Waals surface area contributed by atoms with E-state index in [0.29, 0.717) is 21.8 Å². The summed E-state index contributed by atoms with van der Waals surface area (Å²) >= 11 is 6.20. The fourth-order valence-electron chi connectivity index (χ4n) is 4.80. The van der Waals surface area contributed by atoms with Gasteiger partial charge in [-0.2, -0.15) is 0 Å². The topological polar surface area (TPSA) is 108 Å². The van der Waals surface area contributed by atoms with E-state index in [9.17, 15) is 19.5 Å². The maximum atomic E-state index is 13.3. The molecule has 1 aromatic carbocycles. The van der Waals surface area contributed by atoms with Crippen LogP contribution in [0.5, 0.6) is 0 Å². The number of ether oxygens (including phenoxy) is 1. The van der Waals surface area contributed by atoms with Crippen molar-refractivity contribution in [3.63, 3.8) is 0 Å². The van der Waals surface area contributed by atoms with Gasteiger partial charge < -0.3 is 15.2 Å². The van der Waals surface area contributed by atoms with Gasteiger partial charge in [0, 0.05) is 23.7 Å². The van der Waals surface area contributed by atoms with Gasteiger partial charge in [0.15, 0.2) is 0 Å². The van der Waals surface area contributed by atoms with Crippen molar-refractivity contribution in [1.82, 2.24) is 10.2 Å². The van der Waals surface area contributed by atoms with E-state index < -0.39 is 47.2 Å². The normalized spacial score (nSPS) is 32.1. The van der Waals surface area contributed by atoms with Crippen molar-refractivity contribution >= 4 is 35.0 Å². The minimum atomic E-state index is -1.43. The zero-order chi connectivity index (χ0) is 20.4. The van der Waals surface area contributed by atoms with Gasteiger partial charge in [-0.25, -0.2) is 0 Å². The third-order valence-electron chi connectivity index (χ3n) is 6.15.